The fourth-order valence-corrected chi connectivity index (χ4v) is 2.74. The second kappa shape index (κ2) is 7.08. The summed E-state index contributed by atoms with van der Waals surface area (Å²) in [5.41, 5.74) is 3.61. The van der Waals surface area contributed by atoms with Gasteiger partial charge in [0.05, 0.1) is 12.7 Å². The maximum atomic E-state index is 5.95. The number of nitrogens with one attached hydrogen (secondary N) is 1. The van der Waals surface area contributed by atoms with Crippen molar-refractivity contribution in [2.45, 2.75) is 25.6 Å². The van der Waals surface area contributed by atoms with Gasteiger partial charge in [-0.1, -0.05) is 48.0 Å². The highest BCUT2D eigenvalue weighted by Crippen LogP contribution is 2.22. The van der Waals surface area contributed by atoms with Gasteiger partial charge in [-0.15, -0.1) is 0 Å². The predicted molar refractivity (Wildman–Crippen MR) is 87.6 cm³/mol. The molecule has 1 aliphatic heterocycles. The maximum Gasteiger partial charge on any atom is 0.0721 e. The quantitative estimate of drug-likeness (QED) is 0.910. The summed E-state index contributed by atoms with van der Waals surface area (Å²) in [5, 5.41) is 4.14. The smallest absolute Gasteiger partial charge is 0.0721 e. The standard InChI is InChI=1S/C18H20ClNO/c19-17-9-7-16(8-10-17)15-5-3-14(4-6-15)13-21-18-2-1-11-20-12-18/h3-10,18,20H,1-2,11-13H2. The molecule has 2 nitrogen and oxygen atoms in total. The highest BCUT2D eigenvalue weighted by Gasteiger charge is 2.12. The van der Waals surface area contributed by atoms with Crippen LogP contribution in [0.1, 0.15) is 18.4 Å². The van der Waals surface area contributed by atoms with Gasteiger partial charge in [0.1, 0.15) is 0 Å². The van der Waals surface area contributed by atoms with Crippen molar-refractivity contribution in [3.8, 4) is 11.1 Å². The predicted octanol–water partition coefficient (Wildman–Crippen LogP) is 4.28. The van der Waals surface area contributed by atoms with Crippen LogP contribution in [0.25, 0.3) is 11.1 Å². The summed E-state index contributed by atoms with van der Waals surface area (Å²) >= 11 is 5.92. The lowest BCUT2D eigenvalue weighted by molar-refractivity contribution is 0.0253. The van der Waals surface area contributed by atoms with E-state index in [1.807, 2.05) is 24.3 Å². The van der Waals surface area contributed by atoms with E-state index in [1.54, 1.807) is 0 Å². The average molecular weight is 302 g/mol. The third-order valence-electron chi connectivity index (χ3n) is 3.87. The zero-order chi connectivity index (χ0) is 14.5. The van der Waals surface area contributed by atoms with Gasteiger partial charge in [0.15, 0.2) is 0 Å². The summed E-state index contributed by atoms with van der Waals surface area (Å²) in [5.74, 6) is 0. The zero-order valence-electron chi connectivity index (χ0n) is 12.0. The fourth-order valence-electron chi connectivity index (χ4n) is 2.61. The van der Waals surface area contributed by atoms with Gasteiger partial charge >= 0.3 is 0 Å². The fraction of sp³-hybridized carbons (Fsp3) is 0.333. The van der Waals surface area contributed by atoms with Crippen LogP contribution in [0.5, 0.6) is 0 Å². The molecule has 1 aliphatic rings. The van der Waals surface area contributed by atoms with E-state index in [0.717, 1.165) is 24.5 Å². The van der Waals surface area contributed by atoms with Crippen molar-refractivity contribution in [1.82, 2.24) is 5.32 Å². The molecule has 21 heavy (non-hydrogen) atoms. The van der Waals surface area contributed by atoms with Gasteiger partial charge in [-0.25, -0.2) is 0 Å². The van der Waals surface area contributed by atoms with E-state index in [2.05, 4.69) is 29.6 Å². The first-order valence-corrected chi connectivity index (χ1v) is 7.86. The molecule has 1 atom stereocenters. The molecule has 110 valence electrons. The SMILES string of the molecule is Clc1ccc(-c2ccc(COC3CCCNC3)cc2)cc1. The van der Waals surface area contributed by atoms with E-state index in [1.165, 1.54) is 23.1 Å². The second-order valence-electron chi connectivity index (χ2n) is 5.48. The van der Waals surface area contributed by atoms with Crippen LogP contribution in [0, 0.1) is 0 Å². The van der Waals surface area contributed by atoms with Crippen molar-refractivity contribution in [3.63, 3.8) is 0 Å². The van der Waals surface area contributed by atoms with Crippen LogP contribution in [-0.4, -0.2) is 19.2 Å². The van der Waals surface area contributed by atoms with Gasteiger partial charge in [-0.2, -0.15) is 0 Å². The number of piperidine rings is 1. The molecule has 0 amide bonds. The minimum absolute atomic E-state index is 0.356. The van der Waals surface area contributed by atoms with Crippen LogP contribution < -0.4 is 5.32 Å². The zero-order valence-corrected chi connectivity index (χ0v) is 12.8. The molecule has 2 aromatic carbocycles. The van der Waals surface area contributed by atoms with Gasteiger partial charge < -0.3 is 10.1 Å². The molecule has 0 saturated carbocycles. The summed E-state index contributed by atoms with van der Waals surface area (Å²) in [6, 6.07) is 16.5. The maximum absolute atomic E-state index is 5.95. The lowest BCUT2D eigenvalue weighted by Crippen LogP contribution is -2.35. The topological polar surface area (TPSA) is 21.3 Å². The largest absolute Gasteiger partial charge is 0.372 e. The summed E-state index contributed by atoms with van der Waals surface area (Å²) in [4.78, 5) is 0. The Kier molecular flexibility index (Phi) is 4.91. The van der Waals surface area contributed by atoms with E-state index < -0.39 is 0 Å². The molecule has 0 bridgehead atoms. The summed E-state index contributed by atoms with van der Waals surface area (Å²) in [6.45, 7) is 2.78. The molecule has 1 fully saturated rings. The van der Waals surface area contributed by atoms with Crippen LogP contribution in [-0.2, 0) is 11.3 Å². The average Bonchev–Trinajstić information content (AvgIpc) is 2.55. The van der Waals surface area contributed by atoms with E-state index in [-0.39, 0.29) is 0 Å². The molecule has 2 aromatic rings. The van der Waals surface area contributed by atoms with Crippen molar-refractivity contribution < 1.29 is 4.74 Å². The van der Waals surface area contributed by atoms with Crippen LogP contribution >= 0.6 is 11.6 Å². The Balaban J connectivity index is 1.59. The minimum atomic E-state index is 0.356. The van der Waals surface area contributed by atoms with Crippen LogP contribution in [0.2, 0.25) is 5.02 Å². The van der Waals surface area contributed by atoms with Crippen LogP contribution in [0.15, 0.2) is 48.5 Å². The molecule has 0 aromatic heterocycles. The summed E-state index contributed by atoms with van der Waals surface area (Å²) < 4.78 is 5.95. The Morgan fingerprint density at radius 3 is 2.29 bits per heavy atom. The van der Waals surface area contributed by atoms with Gasteiger partial charge in [-0.05, 0) is 48.2 Å². The van der Waals surface area contributed by atoms with Crippen molar-refractivity contribution in [3.05, 3.63) is 59.1 Å². The van der Waals surface area contributed by atoms with Gasteiger partial charge in [0.2, 0.25) is 0 Å². The number of benzene rings is 2. The van der Waals surface area contributed by atoms with Gasteiger partial charge in [0, 0.05) is 11.6 Å². The van der Waals surface area contributed by atoms with E-state index >= 15 is 0 Å². The van der Waals surface area contributed by atoms with E-state index in [4.69, 9.17) is 16.3 Å². The Morgan fingerprint density at radius 2 is 1.67 bits per heavy atom. The lowest BCUT2D eigenvalue weighted by Gasteiger charge is -2.23. The first-order chi connectivity index (χ1) is 10.3. The van der Waals surface area contributed by atoms with Crippen LogP contribution in [0.3, 0.4) is 0 Å². The summed E-state index contributed by atoms with van der Waals surface area (Å²) in [6.07, 6.45) is 2.73. The van der Waals surface area contributed by atoms with E-state index in [9.17, 15) is 0 Å². The highest BCUT2D eigenvalue weighted by atomic mass is 35.5. The number of hydrogen-bond acceptors (Lipinski definition) is 2. The number of hydrogen-bond donors (Lipinski definition) is 1. The molecule has 1 saturated heterocycles. The number of rotatable bonds is 4. The Labute approximate surface area is 131 Å². The monoisotopic (exact) mass is 301 g/mol. The highest BCUT2D eigenvalue weighted by molar-refractivity contribution is 6.30. The van der Waals surface area contributed by atoms with Crippen molar-refractivity contribution in [1.29, 1.82) is 0 Å². The Morgan fingerprint density at radius 1 is 1.00 bits per heavy atom. The molecular formula is C18H20ClNO. The molecular weight excluding hydrogens is 282 g/mol. The normalized spacial score (nSPS) is 18.6. The molecule has 1 unspecified atom stereocenters. The minimum Gasteiger partial charge on any atom is -0.372 e. The Bertz CT molecular complexity index is 559. The molecule has 0 spiro atoms. The van der Waals surface area contributed by atoms with Crippen molar-refractivity contribution in [2.24, 2.45) is 0 Å². The van der Waals surface area contributed by atoms with E-state index in [0.29, 0.717) is 12.7 Å². The first kappa shape index (κ1) is 14.6. The lowest BCUT2D eigenvalue weighted by atomic mass is 10.0. The molecule has 3 heteroatoms. The Hall–Kier alpha value is -1.35. The molecule has 0 radical (unpaired) electrons. The second-order valence-corrected chi connectivity index (χ2v) is 5.92. The summed E-state index contributed by atoms with van der Waals surface area (Å²) in [7, 11) is 0. The first-order valence-electron chi connectivity index (χ1n) is 7.48. The van der Waals surface area contributed by atoms with Gasteiger partial charge in [0.25, 0.3) is 0 Å². The molecule has 3 rings (SSSR count). The molecule has 0 aliphatic carbocycles. The molecule has 1 N–H and O–H groups in total. The third kappa shape index (κ3) is 4.07. The number of halogens is 1. The van der Waals surface area contributed by atoms with Crippen molar-refractivity contribution in [2.75, 3.05) is 13.1 Å². The molecule has 1 heterocycles. The van der Waals surface area contributed by atoms with Crippen LogP contribution in [0.4, 0.5) is 0 Å². The third-order valence-corrected chi connectivity index (χ3v) is 4.12. The number of ether oxygens (including phenoxy) is 1. The van der Waals surface area contributed by atoms with Crippen molar-refractivity contribution >= 4 is 11.6 Å². The van der Waals surface area contributed by atoms with Gasteiger partial charge in [-0.3, -0.25) is 0 Å².